The molecule has 0 saturated heterocycles. The number of esters is 1. The second kappa shape index (κ2) is 6.84. The summed E-state index contributed by atoms with van der Waals surface area (Å²) in [5.74, 6) is 0.772. The largest absolute Gasteiger partial charge is 0.547 e. The highest BCUT2D eigenvalue weighted by molar-refractivity contribution is 6.48. The number of carbonyl (C=O) groups excluding carboxylic acids is 1. The number of carbonyl (C=O) groups is 1. The molecule has 1 rings (SSSR count). The highest BCUT2D eigenvalue weighted by Crippen LogP contribution is 2.33. The topological polar surface area (TPSA) is 35.5 Å². The molecule has 1 aliphatic carbocycles. The lowest BCUT2D eigenvalue weighted by atomic mass is 10.1. The highest BCUT2D eigenvalue weighted by Gasteiger charge is 2.29. The van der Waals surface area contributed by atoms with Crippen molar-refractivity contribution in [2.45, 2.75) is 65.1 Å². The molecule has 0 radical (unpaired) electrons. The molecule has 0 aromatic rings. The van der Waals surface area contributed by atoms with Crippen LogP contribution in [0.3, 0.4) is 0 Å². The fraction of sp³-hybridized carbons (Fsp3) is 0.769. The molecule has 98 valence electrons. The fourth-order valence-electron chi connectivity index (χ4n) is 2.15. The lowest BCUT2D eigenvalue weighted by molar-refractivity contribution is -0.145. The average molecular weight is 256 g/mol. The van der Waals surface area contributed by atoms with Gasteiger partial charge in [0.1, 0.15) is 5.76 Å². The number of hydrogen-bond acceptors (Lipinski definition) is 3. The van der Waals surface area contributed by atoms with Crippen molar-refractivity contribution in [3.05, 3.63) is 11.3 Å². The first kappa shape index (κ1) is 14.3. The van der Waals surface area contributed by atoms with E-state index in [9.17, 15) is 4.79 Å². The predicted molar refractivity (Wildman–Crippen MR) is 71.3 cm³/mol. The highest BCUT2D eigenvalue weighted by atomic mass is 28.3. The van der Waals surface area contributed by atoms with Gasteiger partial charge in [-0.25, -0.2) is 0 Å². The molecule has 0 saturated carbocycles. The Labute approximate surface area is 106 Å². The summed E-state index contributed by atoms with van der Waals surface area (Å²) in [6.45, 7) is 7.95. The van der Waals surface area contributed by atoms with Crippen LogP contribution in [-0.4, -0.2) is 21.1 Å². The van der Waals surface area contributed by atoms with E-state index in [0.717, 1.165) is 25.0 Å². The number of unbranched alkanes of at least 4 members (excludes halogenated alkanes) is 1. The molecule has 0 fully saturated rings. The van der Waals surface area contributed by atoms with Crippen LogP contribution in [0, 0.1) is 0 Å². The van der Waals surface area contributed by atoms with Crippen molar-refractivity contribution in [2.75, 3.05) is 0 Å². The van der Waals surface area contributed by atoms with Gasteiger partial charge in [-0.3, -0.25) is 4.79 Å². The monoisotopic (exact) mass is 256 g/mol. The van der Waals surface area contributed by atoms with Crippen molar-refractivity contribution >= 4 is 15.0 Å². The summed E-state index contributed by atoms with van der Waals surface area (Å²) in [6.07, 6.45) is 5.27. The van der Waals surface area contributed by atoms with Crippen LogP contribution >= 0.6 is 0 Å². The van der Waals surface area contributed by atoms with Crippen LogP contribution in [0.2, 0.25) is 13.1 Å². The Kier molecular flexibility index (Phi) is 5.75. The molecule has 0 amide bonds. The maximum absolute atomic E-state index is 11.1. The Morgan fingerprint density at radius 3 is 2.71 bits per heavy atom. The molecule has 0 heterocycles. The summed E-state index contributed by atoms with van der Waals surface area (Å²) in [6, 6.07) is 0. The Morgan fingerprint density at radius 1 is 1.47 bits per heavy atom. The summed E-state index contributed by atoms with van der Waals surface area (Å²) >= 11 is 0. The van der Waals surface area contributed by atoms with Crippen LogP contribution in [-0.2, 0) is 14.0 Å². The van der Waals surface area contributed by atoms with Crippen molar-refractivity contribution < 1.29 is 14.0 Å². The van der Waals surface area contributed by atoms with Gasteiger partial charge < -0.3 is 9.16 Å². The van der Waals surface area contributed by atoms with Crippen molar-refractivity contribution in [1.82, 2.24) is 0 Å². The molecule has 17 heavy (non-hydrogen) atoms. The summed E-state index contributed by atoms with van der Waals surface area (Å²) < 4.78 is 11.3. The van der Waals surface area contributed by atoms with Gasteiger partial charge in [0, 0.05) is 6.92 Å². The van der Waals surface area contributed by atoms with E-state index in [4.69, 9.17) is 9.16 Å². The molecule has 0 aromatic heterocycles. The molecule has 0 aliphatic heterocycles. The molecule has 1 atom stereocenters. The van der Waals surface area contributed by atoms with Crippen LogP contribution in [0.5, 0.6) is 0 Å². The number of hydrogen-bond donors (Lipinski definition) is 0. The van der Waals surface area contributed by atoms with E-state index in [-0.39, 0.29) is 12.1 Å². The first-order valence-electron chi connectivity index (χ1n) is 6.60. The van der Waals surface area contributed by atoms with Crippen molar-refractivity contribution in [2.24, 2.45) is 0 Å². The van der Waals surface area contributed by atoms with Crippen LogP contribution in [0.1, 0.15) is 46.0 Å². The Bertz CT molecular complexity index is 297. The van der Waals surface area contributed by atoms with Gasteiger partial charge in [0.05, 0.1) is 0 Å². The molecule has 1 aliphatic rings. The fourth-order valence-corrected chi connectivity index (χ4v) is 2.98. The molecule has 0 bridgehead atoms. The Hall–Kier alpha value is -0.773. The van der Waals surface area contributed by atoms with E-state index < -0.39 is 9.04 Å². The van der Waals surface area contributed by atoms with Crippen LogP contribution in [0.25, 0.3) is 0 Å². The first-order chi connectivity index (χ1) is 8.04. The first-order valence-corrected chi connectivity index (χ1v) is 9.38. The van der Waals surface area contributed by atoms with Gasteiger partial charge in [-0.2, -0.15) is 0 Å². The minimum Gasteiger partial charge on any atom is -0.547 e. The number of rotatable bonds is 6. The molecular weight excluding hydrogens is 232 g/mol. The molecule has 4 heteroatoms. The predicted octanol–water partition coefficient (Wildman–Crippen LogP) is 3.16. The Morgan fingerprint density at radius 2 is 2.18 bits per heavy atom. The second-order valence-electron chi connectivity index (χ2n) is 4.87. The minimum atomic E-state index is -1.13. The molecule has 3 nitrogen and oxygen atoms in total. The van der Waals surface area contributed by atoms with Crippen LogP contribution in [0.15, 0.2) is 11.3 Å². The van der Waals surface area contributed by atoms with E-state index >= 15 is 0 Å². The summed E-state index contributed by atoms with van der Waals surface area (Å²) in [7, 11) is -1.13. The zero-order valence-electron chi connectivity index (χ0n) is 11.4. The minimum absolute atomic E-state index is 0.116. The molecule has 0 spiro atoms. The molecular formula is C13H24O3Si. The summed E-state index contributed by atoms with van der Waals surface area (Å²) in [4.78, 5) is 11.1. The third-order valence-corrected chi connectivity index (χ3v) is 3.58. The van der Waals surface area contributed by atoms with Crippen molar-refractivity contribution in [3.63, 3.8) is 0 Å². The van der Waals surface area contributed by atoms with E-state index in [1.807, 2.05) is 0 Å². The van der Waals surface area contributed by atoms with E-state index in [1.165, 1.54) is 25.3 Å². The Balaban J connectivity index is 2.73. The van der Waals surface area contributed by atoms with Gasteiger partial charge in [0.15, 0.2) is 6.10 Å². The van der Waals surface area contributed by atoms with Gasteiger partial charge >= 0.3 is 5.97 Å². The zero-order valence-corrected chi connectivity index (χ0v) is 12.6. The molecule has 1 unspecified atom stereocenters. The van der Waals surface area contributed by atoms with E-state index in [0.29, 0.717) is 0 Å². The van der Waals surface area contributed by atoms with Gasteiger partial charge in [-0.1, -0.05) is 13.3 Å². The lowest BCUT2D eigenvalue weighted by Crippen LogP contribution is -2.21. The SMILES string of the molecule is CCCCC1=C(O[SiH](C)C)C(OC(C)=O)CC1. The zero-order chi connectivity index (χ0) is 12.8. The number of allylic oxidation sites excluding steroid dienone is 1. The van der Waals surface area contributed by atoms with Gasteiger partial charge in [0.2, 0.25) is 9.04 Å². The van der Waals surface area contributed by atoms with Crippen LogP contribution < -0.4 is 0 Å². The van der Waals surface area contributed by atoms with Gasteiger partial charge in [-0.15, -0.1) is 0 Å². The third kappa shape index (κ3) is 4.54. The third-order valence-electron chi connectivity index (χ3n) is 2.85. The maximum atomic E-state index is 11.1. The average Bonchev–Trinajstić information content (AvgIpc) is 2.57. The summed E-state index contributed by atoms with van der Waals surface area (Å²) in [5.41, 5.74) is 1.37. The number of ether oxygens (including phenoxy) is 1. The van der Waals surface area contributed by atoms with Crippen molar-refractivity contribution in [3.8, 4) is 0 Å². The maximum Gasteiger partial charge on any atom is 0.303 e. The smallest absolute Gasteiger partial charge is 0.303 e. The second-order valence-corrected chi connectivity index (χ2v) is 7.21. The molecule has 0 aromatic carbocycles. The lowest BCUT2D eigenvalue weighted by Gasteiger charge is -2.19. The van der Waals surface area contributed by atoms with Gasteiger partial charge in [0.25, 0.3) is 0 Å². The quantitative estimate of drug-likeness (QED) is 0.541. The standard InChI is InChI=1S/C13H24O3Si/c1-5-6-7-11-8-9-12(15-10(2)14)13(11)16-17(3)4/h12,17H,5-9H2,1-4H3. The molecule has 0 N–H and O–H groups in total. The van der Waals surface area contributed by atoms with E-state index in [1.54, 1.807) is 0 Å². The van der Waals surface area contributed by atoms with Crippen molar-refractivity contribution in [1.29, 1.82) is 0 Å². The normalized spacial score (nSPS) is 19.9. The van der Waals surface area contributed by atoms with E-state index in [2.05, 4.69) is 20.0 Å². The van der Waals surface area contributed by atoms with Crippen LogP contribution in [0.4, 0.5) is 0 Å². The van der Waals surface area contributed by atoms with Gasteiger partial charge in [-0.05, 0) is 44.4 Å². The summed E-state index contributed by atoms with van der Waals surface area (Å²) in [5, 5.41) is 0.